The Bertz CT molecular complexity index is 739. The van der Waals surface area contributed by atoms with Gasteiger partial charge >= 0.3 is 0 Å². The molecule has 0 fully saturated rings. The normalized spacial score (nSPS) is 16.8. The molecule has 1 aliphatic rings. The van der Waals surface area contributed by atoms with Gasteiger partial charge in [0, 0.05) is 17.3 Å². The van der Waals surface area contributed by atoms with Crippen molar-refractivity contribution >= 4 is 25.4 Å². The molecular weight excluding hydrogens is 316 g/mol. The number of rotatable bonds is 5. The summed E-state index contributed by atoms with van der Waals surface area (Å²) in [5.41, 5.74) is 3.03. The number of fused-ring (bicyclic) bond motifs is 1. The Kier molecular flexibility index (Phi) is 6.42. The molecule has 1 aromatic rings. The zero-order valence-corrected chi connectivity index (χ0v) is 15.2. The maximum absolute atomic E-state index is 10.5. The summed E-state index contributed by atoms with van der Waals surface area (Å²) in [5, 5.41) is 10.5. The van der Waals surface area contributed by atoms with E-state index >= 15 is 0 Å². The van der Waals surface area contributed by atoms with Crippen molar-refractivity contribution in [2.75, 3.05) is 0 Å². The lowest BCUT2D eigenvalue weighted by Crippen LogP contribution is -2.24. The molecule has 24 heavy (non-hydrogen) atoms. The largest absolute Gasteiger partial charge is 0.378 e. The van der Waals surface area contributed by atoms with Crippen molar-refractivity contribution in [3.8, 4) is 11.8 Å². The van der Waals surface area contributed by atoms with E-state index in [-0.39, 0.29) is 0 Å². The predicted molar refractivity (Wildman–Crippen MR) is 104 cm³/mol. The molecule has 1 heterocycles. The number of thiol groups is 1. The summed E-state index contributed by atoms with van der Waals surface area (Å²) >= 11 is 4.63. The molecule has 0 aliphatic heterocycles. The fraction of sp³-hybridized carbons (Fsp3) is 0.400. The molecule has 1 N–H and O–H groups in total. The van der Waals surface area contributed by atoms with Gasteiger partial charge in [0.1, 0.15) is 11.3 Å². The molecule has 0 radical (unpaired) electrons. The van der Waals surface area contributed by atoms with E-state index < -0.39 is 5.60 Å². The average Bonchev–Trinajstić information content (AvgIpc) is 2.61. The van der Waals surface area contributed by atoms with E-state index in [1.807, 2.05) is 26.1 Å². The van der Waals surface area contributed by atoms with Crippen LogP contribution in [0.2, 0.25) is 0 Å². The van der Waals surface area contributed by atoms with Gasteiger partial charge in [-0.15, -0.1) is 12.6 Å². The second-order valence-corrected chi connectivity index (χ2v) is 6.43. The molecule has 126 valence electrons. The van der Waals surface area contributed by atoms with Crippen LogP contribution in [0.3, 0.4) is 0 Å². The number of hydrogen-bond acceptors (Lipinski definition) is 4. The van der Waals surface area contributed by atoms with E-state index in [1.54, 1.807) is 6.20 Å². The fourth-order valence-corrected chi connectivity index (χ4v) is 3.05. The average molecular weight is 340 g/mol. The Labute approximate surface area is 150 Å². The standard InChI is InChI=1S/C20H24N2OS/c1-4-10-20(23,5-2)11-8-18(21-3)19(24)16-6-7-17-14-22-12-9-15(17)13-16/h9,12-14,23-24H,3-7,10H2,1-2H3/b19-18-. The number of allylic oxidation sites excluding steroid dienone is 2. The van der Waals surface area contributed by atoms with Crippen LogP contribution in [0.4, 0.5) is 0 Å². The Balaban J connectivity index is 2.36. The molecule has 0 bridgehead atoms. The highest BCUT2D eigenvalue weighted by atomic mass is 32.1. The third-order valence-electron chi connectivity index (χ3n) is 4.28. The summed E-state index contributed by atoms with van der Waals surface area (Å²) in [6.07, 6.45) is 9.70. The van der Waals surface area contributed by atoms with Gasteiger partial charge in [-0.3, -0.25) is 9.98 Å². The Morgan fingerprint density at radius 1 is 1.46 bits per heavy atom. The maximum atomic E-state index is 10.5. The number of hydrogen-bond donors (Lipinski definition) is 2. The minimum Gasteiger partial charge on any atom is -0.378 e. The summed E-state index contributed by atoms with van der Waals surface area (Å²) in [6.45, 7) is 7.59. The maximum Gasteiger partial charge on any atom is 0.126 e. The van der Waals surface area contributed by atoms with E-state index in [0.717, 1.165) is 35.3 Å². The number of aliphatic hydroxyl groups is 1. The first-order chi connectivity index (χ1) is 11.5. The van der Waals surface area contributed by atoms with Crippen LogP contribution in [0.25, 0.3) is 6.08 Å². The molecular formula is C20H24N2OS. The summed E-state index contributed by atoms with van der Waals surface area (Å²) < 4.78 is 0. The van der Waals surface area contributed by atoms with Gasteiger partial charge in [-0.2, -0.15) is 0 Å². The number of aliphatic imine (C=N–C) groups is 1. The molecule has 3 nitrogen and oxygen atoms in total. The van der Waals surface area contributed by atoms with Crippen molar-refractivity contribution < 1.29 is 5.11 Å². The molecule has 4 heteroatoms. The van der Waals surface area contributed by atoms with E-state index in [0.29, 0.717) is 18.5 Å². The monoisotopic (exact) mass is 340 g/mol. The van der Waals surface area contributed by atoms with Gasteiger partial charge in [0.25, 0.3) is 0 Å². The molecule has 1 unspecified atom stereocenters. The summed E-state index contributed by atoms with van der Waals surface area (Å²) in [5.74, 6) is 5.95. The van der Waals surface area contributed by atoms with Crippen molar-refractivity contribution in [1.29, 1.82) is 0 Å². The third kappa shape index (κ3) is 4.37. The van der Waals surface area contributed by atoms with Gasteiger partial charge in [-0.05, 0) is 61.1 Å². The van der Waals surface area contributed by atoms with Crippen molar-refractivity contribution in [2.45, 2.75) is 51.6 Å². The van der Waals surface area contributed by atoms with Gasteiger partial charge in [0.2, 0.25) is 0 Å². The first-order valence-electron chi connectivity index (χ1n) is 8.32. The number of pyridine rings is 1. The Hall–Kier alpha value is -1.83. The van der Waals surface area contributed by atoms with Crippen molar-refractivity contribution in [2.24, 2.45) is 4.99 Å². The highest BCUT2D eigenvalue weighted by molar-refractivity contribution is 7.84. The predicted octanol–water partition coefficient (Wildman–Crippen LogP) is 4.20. The lowest BCUT2D eigenvalue weighted by molar-refractivity contribution is 0.0868. The fourth-order valence-electron chi connectivity index (χ4n) is 2.75. The lowest BCUT2D eigenvalue weighted by atomic mass is 9.92. The highest BCUT2D eigenvalue weighted by Crippen LogP contribution is 2.31. The minimum absolute atomic E-state index is 0.519. The van der Waals surface area contributed by atoms with E-state index in [2.05, 4.69) is 47.2 Å². The number of aryl methyl sites for hydroxylation is 1. The molecule has 1 aromatic heterocycles. The van der Waals surface area contributed by atoms with Crippen molar-refractivity contribution in [3.63, 3.8) is 0 Å². The van der Waals surface area contributed by atoms with Gasteiger partial charge in [-0.1, -0.05) is 32.3 Å². The van der Waals surface area contributed by atoms with Crippen LogP contribution in [0.15, 0.2) is 39.6 Å². The molecule has 2 rings (SSSR count). The van der Waals surface area contributed by atoms with Gasteiger partial charge in [0.05, 0.1) is 0 Å². The van der Waals surface area contributed by atoms with Crippen LogP contribution in [0.5, 0.6) is 0 Å². The van der Waals surface area contributed by atoms with Gasteiger partial charge < -0.3 is 5.11 Å². The topological polar surface area (TPSA) is 45.5 Å². The van der Waals surface area contributed by atoms with Crippen LogP contribution in [0.1, 0.15) is 50.7 Å². The smallest absolute Gasteiger partial charge is 0.126 e. The zero-order valence-electron chi connectivity index (χ0n) is 14.3. The minimum atomic E-state index is -0.974. The van der Waals surface area contributed by atoms with Crippen LogP contribution in [-0.2, 0) is 6.42 Å². The van der Waals surface area contributed by atoms with Crippen molar-refractivity contribution in [1.82, 2.24) is 4.98 Å². The number of nitrogens with zero attached hydrogens (tertiary/aromatic N) is 2. The van der Waals surface area contributed by atoms with Crippen LogP contribution in [0, 0.1) is 11.8 Å². The van der Waals surface area contributed by atoms with Crippen LogP contribution < -0.4 is 0 Å². The van der Waals surface area contributed by atoms with E-state index in [9.17, 15) is 5.11 Å². The Morgan fingerprint density at radius 3 is 2.92 bits per heavy atom. The second-order valence-electron chi connectivity index (χ2n) is 5.98. The third-order valence-corrected chi connectivity index (χ3v) is 4.78. The molecule has 0 amide bonds. The number of aromatic nitrogens is 1. The Morgan fingerprint density at radius 2 is 2.25 bits per heavy atom. The van der Waals surface area contributed by atoms with Crippen LogP contribution in [-0.4, -0.2) is 22.4 Å². The SMILES string of the molecule is C=N/C(C#CC(O)(CC)CCC)=C(\S)C1=Cc2ccncc2CC1. The molecule has 0 saturated heterocycles. The molecule has 0 aromatic carbocycles. The summed E-state index contributed by atoms with van der Waals surface area (Å²) in [7, 11) is 0. The summed E-state index contributed by atoms with van der Waals surface area (Å²) in [4.78, 5) is 8.93. The first-order valence-corrected chi connectivity index (χ1v) is 8.77. The van der Waals surface area contributed by atoms with Crippen molar-refractivity contribution in [3.05, 3.63) is 45.8 Å². The zero-order chi connectivity index (χ0) is 17.6. The lowest BCUT2D eigenvalue weighted by Gasteiger charge is -2.19. The molecule has 0 spiro atoms. The molecule has 0 saturated carbocycles. The summed E-state index contributed by atoms with van der Waals surface area (Å²) in [6, 6.07) is 2.00. The van der Waals surface area contributed by atoms with E-state index in [1.165, 1.54) is 5.56 Å². The van der Waals surface area contributed by atoms with Crippen LogP contribution >= 0.6 is 12.6 Å². The second kappa shape index (κ2) is 8.32. The van der Waals surface area contributed by atoms with E-state index in [4.69, 9.17) is 0 Å². The molecule has 1 atom stereocenters. The van der Waals surface area contributed by atoms with Gasteiger partial charge in [0.15, 0.2) is 0 Å². The quantitative estimate of drug-likeness (QED) is 0.479. The highest BCUT2D eigenvalue weighted by Gasteiger charge is 2.20. The first kappa shape index (κ1) is 18.5. The van der Waals surface area contributed by atoms with Gasteiger partial charge in [-0.25, -0.2) is 0 Å². The molecule has 1 aliphatic carbocycles.